The summed E-state index contributed by atoms with van der Waals surface area (Å²) in [5.74, 6) is 2.47. The Kier molecular flexibility index (Phi) is 8.68. The fourth-order valence-corrected chi connectivity index (χ4v) is 4.23. The molecule has 0 saturated carbocycles. The van der Waals surface area contributed by atoms with Gasteiger partial charge in [-0.05, 0) is 18.1 Å². The molecule has 30 heavy (non-hydrogen) atoms. The van der Waals surface area contributed by atoms with Gasteiger partial charge >= 0.3 is 0 Å². The number of nitrogens with one attached hydrogen (secondary N) is 1. The van der Waals surface area contributed by atoms with Gasteiger partial charge < -0.3 is 15.1 Å². The van der Waals surface area contributed by atoms with Crippen molar-refractivity contribution in [2.75, 3.05) is 64.3 Å². The lowest BCUT2D eigenvalue weighted by molar-refractivity contribution is 0.259. The maximum absolute atomic E-state index is 4.52. The molecule has 2 saturated heterocycles. The van der Waals surface area contributed by atoms with Crippen LogP contribution in [-0.2, 0) is 0 Å². The predicted molar refractivity (Wildman–Crippen MR) is 133 cm³/mol. The molecule has 2 fully saturated rings. The standard InChI is InChI=1S/C22H31N7.HI/c1-23-21(29-12-8-20(18-29)19-6-3-2-4-7-19)26-11-13-27-14-16-28(17-15-27)22-24-9-5-10-25-22;/h2-7,9-10,20H,8,11-18H2,1H3,(H,23,26);1H. The first-order chi connectivity index (χ1) is 14.3. The number of rotatable bonds is 5. The van der Waals surface area contributed by atoms with E-state index < -0.39 is 0 Å². The number of aromatic nitrogens is 2. The topological polar surface area (TPSA) is 59.9 Å². The van der Waals surface area contributed by atoms with Crippen molar-refractivity contribution < 1.29 is 0 Å². The number of hydrogen-bond acceptors (Lipinski definition) is 5. The van der Waals surface area contributed by atoms with E-state index >= 15 is 0 Å². The predicted octanol–water partition coefficient (Wildman–Crippen LogP) is 2.28. The summed E-state index contributed by atoms with van der Waals surface area (Å²) >= 11 is 0. The Labute approximate surface area is 196 Å². The van der Waals surface area contributed by atoms with Crippen LogP contribution in [0.4, 0.5) is 5.95 Å². The molecule has 1 aromatic heterocycles. The quantitative estimate of drug-likeness (QED) is 0.370. The molecular formula is C22H32IN7. The highest BCUT2D eigenvalue weighted by atomic mass is 127. The zero-order valence-corrected chi connectivity index (χ0v) is 20.0. The van der Waals surface area contributed by atoms with Crippen LogP contribution in [0.1, 0.15) is 17.9 Å². The smallest absolute Gasteiger partial charge is 0.225 e. The van der Waals surface area contributed by atoms with Gasteiger partial charge in [-0.2, -0.15) is 0 Å². The van der Waals surface area contributed by atoms with E-state index in [1.165, 1.54) is 12.0 Å². The number of halogens is 1. The second-order valence-corrected chi connectivity index (χ2v) is 7.69. The van der Waals surface area contributed by atoms with Crippen LogP contribution in [0.15, 0.2) is 53.8 Å². The molecule has 0 radical (unpaired) electrons. The van der Waals surface area contributed by atoms with Crippen molar-refractivity contribution in [3.8, 4) is 0 Å². The molecule has 0 aliphatic carbocycles. The third kappa shape index (κ3) is 5.81. The first-order valence-corrected chi connectivity index (χ1v) is 10.6. The number of likely N-dealkylation sites (tertiary alicyclic amines) is 1. The fraction of sp³-hybridized carbons (Fsp3) is 0.500. The minimum Gasteiger partial charge on any atom is -0.355 e. The van der Waals surface area contributed by atoms with Gasteiger partial charge in [-0.15, -0.1) is 24.0 Å². The molecule has 2 aliphatic heterocycles. The minimum absolute atomic E-state index is 0. The maximum atomic E-state index is 4.52. The van der Waals surface area contributed by atoms with Gasteiger partial charge in [-0.1, -0.05) is 30.3 Å². The molecule has 4 rings (SSSR count). The van der Waals surface area contributed by atoms with Gasteiger partial charge in [-0.3, -0.25) is 9.89 Å². The molecule has 3 heterocycles. The normalized spacial score (nSPS) is 20.2. The molecule has 7 nitrogen and oxygen atoms in total. The van der Waals surface area contributed by atoms with E-state index in [-0.39, 0.29) is 24.0 Å². The number of anilines is 1. The Morgan fingerprint density at radius 3 is 2.47 bits per heavy atom. The number of benzene rings is 1. The molecule has 162 valence electrons. The van der Waals surface area contributed by atoms with Crippen LogP contribution in [0.2, 0.25) is 0 Å². The number of piperazine rings is 1. The van der Waals surface area contributed by atoms with E-state index in [1.54, 1.807) is 0 Å². The van der Waals surface area contributed by atoms with Crippen LogP contribution in [0, 0.1) is 0 Å². The lowest BCUT2D eigenvalue weighted by atomic mass is 9.99. The molecule has 0 bridgehead atoms. The second-order valence-electron chi connectivity index (χ2n) is 7.69. The van der Waals surface area contributed by atoms with Gasteiger partial charge in [0.25, 0.3) is 0 Å². The highest BCUT2D eigenvalue weighted by molar-refractivity contribution is 14.0. The Bertz CT molecular complexity index is 779. The van der Waals surface area contributed by atoms with Gasteiger partial charge in [0.2, 0.25) is 5.95 Å². The average molecular weight is 521 g/mol. The Morgan fingerprint density at radius 2 is 1.77 bits per heavy atom. The number of aliphatic imine (C=N–C) groups is 1. The third-order valence-electron chi connectivity index (χ3n) is 5.89. The van der Waals surface area contributed by atoms with E-state index in [9.17, 15) is 0 Å². The van der Waals surface area contributed by atoms with Gasteiger partial charge in [-0.25, -0.2) is 9.97 Å². The largest absolute Gasteiger partial charge is 0.355 e. The summed E-state index contributed by atoms with van der Waals surface area (Å²) in [5.41, 5.74) is 1.44. The summed E-state index contributed by atoms with van der Waals surface area (Å²) in [6.07, 6.45) is 4.81. The number of hydrogen-bond donors (Lipinski definition) is 1. The molecule has 1 atom stereocenters. The van der Waals surface area contributed by atoms with Crippen molar-refractivity contribution in [2.45, 2.75) is 12.3 Å². The van der Waals surface area contributed by atoms with Gasteiger partial charge in [0, 0.05) is 77.7 Å². The Hall–Kier alpha value is -1.94. The molecule has 2 aromatic rings. The van der Waals surface area contributed by atoms with E-state index in [4.69, 9.17) is 0 Å². The lowest BCUT2D eigenvalue weighted by Crippen LogP contribution is -2.50. The third-order valence-corrected chi connectivity index (χ3v) is 5.89. The van der Waals surface area contributed by atoms with Crippen LogP contribution < -0.4 is 10.2 Å². The Morgan fingerprint density at radius 1 is 1.03 bits per heavy atom. The van der Waals surface area contributed by atoms with Crippen LogP contribution in [0.25, 0.3) is 0 Å². The SMILES string of the molecule is CN=C(NCCN1CCN(c2ncccn2)CC1)N1CCC(c2ccccc2)C1.I. The number of nitrogens with zero attached hydrogens (tertiary/aromatic N) is 6. The summed E-state index contributed by atoms with van der Waals surface area (Å²) in [7, 11) is 1.89. The molecule has 1 N–H and O–H groups in total. The van der Waals surface area contributed by atoms with E-state index in [2.05, 4.69) is 65.3 Å². The van der Waals surface area contributed by atoms with E-state index in [0.29, 0.717) is 5.92 Å². The van der Waals surface area contributed by atoms with Gasteiger partial charge in [0.1, 0.15) is 0 Å². The van der Waals surface area contributed by atoms with Crippen LogP contribution in [-0.4, -0.2) is 85.1 Å². The van der Waals surface area contributed by atoms with Gasteiger partial charge in [0.15, 0.2) is 5.96 Å². The summed E-state index contributed by atoms with van der Waals surface area (Å²) < 4.78 is 0. The Balaban J connectivity index is 0.00000256. The van der Waals surface area contributed by atoms with Crippen molar-refractivity contribution in [1.82, 2.24) is 25.1 Å². The molecule has 0 amide bonds. The zero-order valence-electron chi connectivity index (χ0n) is 17.7. The zero-order chi connectivity index (χ0) is 19.9. The first kappa shape index (κ1) is 22.7. The minimum atomic E-state index is 0. The summed E-state index contributed by atoms with van der Waals surface area (Å²) in [6, 6.07) is 12.7. The van der Waals surface area contributed by atoms with Crippen molar-refractivity contribution in [1.29, 1.82) is 0 Å². The molecular weight excluding hydrogens is 489 g/mol. The average Bonchev–Trinajstić information content (AvgIpc) is 3.28. The molecule has 2 aliphatic rings. The first-order valence-electron chi connectivity index (χ1n) is 10.6. The van der Waals surface area contributed by atoms with E-state index in [0.717, 1.165) is 64.3 Å². The molecule has 1 aromatic carbocycles. The van der Waals surface area contributed by atoms with E-state index in [1.807, 2.05) is 25.5 Å². The second kappa shape index (κ2) is 11.5. The van der Waals surface area contributed by atoms with Crippen molar-refractivity contribution in [2.24, 2.45) is 4.99 Å². The van der Waals surface area contributed by atoms with Crippen molar-refractivity contribution >= 4 is 35.9 Å². The van der Waals surface area contributed by atoms with Crippen LogP contribution in [0.3, 0.4) is 0 Å². The van der Waals surface area contributed by atoms with Gasteiger partial charge in [0.05, 0.1) is 0 Å². The number of guanidine groups is 1. The molecule has 8 heteroatoms. The molecule has 1 unspecified atom stereocenters. The highest BCUT2D eigenvalue weighted by Crippen LogP contribution is 2.26. The monoisotopic (exact) mass is 521 g/mol. The summed E-state index contributed by atoms with van der Waals surface area (Å²) in [5, 5.41) is 3.57. The summed E-state index contributed by atoms with van der Waals surface area (Å²) in [6.45, 7) is 8.08. The van der Waals surface area contributed by atoms with Crippen LogP contribution >= 0.6 is 24.0 Å². The summed E-state index contributed by atoms with van der Waals surface area (Å²) in [4.78, 5) is 20.4. The van der Waals surface area contributed by atoms with Crippen molar-refractivity contribution in [3.63, 3.8) is 0 Å². The van der Waals surface area contributed by atoms with Crippen LogP contribution in [0.5, 0.6) is 0 Å². The van der Waals surface area contributed by atoms with Crippen molar-refractivity contribution in [3.05, 3.63) is 54.4 Å². The molecule has 0 spiro atoms. The maximum Gasteiger partial charge on any atom is 0.225 e. The highest BCUT2D eigenvalue weighted by Gasteiger charge is 2.26. The lowest BCUT2D eigenvalue weighted by Gasteiger charge is -2.34. The fourth-order valence-electron chi connectivity index (χ4n) is 4.23.